The zero-order chi connectivity index (χ0) is 15.0. The van der Waals surface area contributed by atoms with Crippen LogP contribution in [0.1, 0.15) is 24.6 Å². The highest BCUT2D eigenvalue weighted by Crippen LogP contribution is 2.33. The van der Waals surface area contributed by atoms with Gasteiger partial charge in [-0.15, -0.1) is 11.3 Å². The minimum absolute atomic E-state index is 0.0617. The van der Waals surface area contributed by atoms with Crippen molar-refractivity contribution in [2.45, 2.75) is 39.8 Å². The fourth-order valence-electron chi connectivity index (χ4n) is 2.72. The van der Waals surface area contributed by atoms with Crippen LogP contribution < -0.4 is 5.56 Å². The smallest absolute Gasteiger partial charge is 0.291 e. The van der Waals surface area contributed by atoms with Crippen molar-refractivity contribution < 1.29 is 0 Å². The Bertz CT molecular complexity index is 910. The molecule has 0 aliphatic heterocycles. The summed E-state index contributed by atoms with van der Waals surface area (Å²) >= 11 is 1.70. The van der Waals surface area contributed by atoms with Gasteiger partial charge in [-0.2, -0.15) is 10.4 Å². The third kappa shape index (κ3) is 2.14. The van der Waals surface area contributed by atoms with E-state index in [1.807, 2.05) is 6.92 Å². The fraction of sp³-hybridized carbons (Fsp3) is 0.400. The molecule has 5 nitrogen and oxygen atoms in total. The molecule has 0 N–H and O–H groups in total. The monoisotopic (exact) mass is 300 g/mol. The molecule has 0 radical (unpaired) electrons. The molecule has 3 heterocycles. The van der Waals surface area contributed by atoms with E-state index in [1.54, 1.807) is 17.5 Å². The van der Waals surface area contributed by atoms with E-state index in [1.165, 1.54) is 9.56 Å². The molecule has 3 rings (SSSR count). The van der Waals surface area contributed by atoms with E-state index >= 15 is 0 Å². The summed E-state index contributed by atoms with van der Waals surface area (Å²) in [7, 11) is 0. The van der Waals surface area contributed by atoms with Gasteiger partial charge in [-0.25, -0.2) is 4.68 Å². The summed E-state index contributed by atoms with van der Waals surface area (Å²) in [6.07, 6.45) is 2.87. The van der Waals surface area contributed by atoms with Gasteiger partial charge in [0.25, 0.3) is 5.56 Å². The molecule has 0 spiro atoms. The van der Waals surface area contributed by atoms with Gasteiger partial charge >= 0.3 is 0 Å². The lowest BCUT2D eigenvalue weighted by Crippen LogP contribution is -2.24. The van der Waals surface area contributed by atoms with Crippen molar-refractivity contribution in [3.8, 4) is 6.07 Å². The maximum atomic E-state index is 12.7. The topological polar surface area (TPSA) is 63.6 Å². The maximum Gasteiger partial charge on any atom is 0.291 e. The van der Waals surface area contributed by atoms with E-state index in [0.29, 0.717) is 19.4 Å². The van der Waals surface area contributed by atoms with Crippen LogP contribution >= 0.6 is 11.3 Å². The quantitative estimate of drug-likeness (QED) is 0.696. The first-order valence-corrected chi connectivity index (χ1v) is 7.84. The largest absolute Gasteiger partial charge is 0.335 e. The lowest BCUT2D eigenvalue weighted by atomic mass is 10.3. The molecule has 0 unspecified atom stereocenters. The molecule has 0 saturated heterocycles. The molecule has 0 aromatic carbocycles. The van der Waals surface area contributed by atoms with Gasteiger partial charge in [0, 0.05) is 29.8 Å². The second kappa shape index (κ2) is 5.34. The van der Waals surface area contributed by atoms with Crippen LogP contribution in [0.15, 0.2) is 17.1 Å². The van der Waals surface area contributed by atoms with Crippen molar-refractivity contribution >= 4 is 32.5 Å². The van der Waals surface area contributed by atoms with Crippen molar-refractivity contribution in [1.29, 1.82) is 5.26 Å². The van der Waals surface area contributed by atoms with Crippen LogP contribution in [-0.2, 0) is 13.1 Å². The van der Waals surface area contributed by atoms with Gasteiger partial charge in [0.05, 0.1) is 22.5 Å². The summed E-state index contributed by atoms with van der Waals surface area (Å²) in [6, 6.07) is 4.22. The molecule has 3 aromatic rings. The Morgan fingerprint density at radius 1 is 1.48 bits per heavy atom. The zero-order valence-electron chi connectivity index (χ0n) is 12.1. The van der Waals surface area contributed by atoms with Crippen LogP contribution in [0.5, 0.6) is 0 Å². The number of aromatic nitrogens is 3. The third-order valence-electron chi connectivity index (χ3n) is 3.63. The van der Waals surface area contributed by atoms with Crippen LogP contribution in [0.25, 0.3) is 21.1 Å². The van der Waals surface area contributed by atoms with Gasteiger partial charge in [-0.05, 0) is 26.3 Å². The number of fused-ring (bicyclic) bond motifs is 3. The number of unbranched alkanes of at least 4 members (excludes halogenated alkanes) is 1. The van der Waals surface area contributed by atoms with Crippen LogP contribution in [0.3, 0.4) is 0 Å². The Morgan fingerprint density at radius 2 is 2.29 bits per heavy atom. The van der Waals surface area contributed by atoms with Crippen LogP contribution in [0, 0.1) is 18.3 Å². The average Bonchev–Trinajstić information content (AvgIpc) is 2.97. The number of hydrogen-bond donors (Lipinski definition) is 0. The molecule has 0 aliphatic carbocycles. The van der Waals surface area contributed by atoms with Crippen LogP contribution in [-0.4, -0.2) is 14.3 Å². The highest BCUT2D eigenvalue weighted by Gasteiger charge is 2.16. The van der Waals surface area contributed by atoms with Gasteiger partial charge in [-0.3, -0.25) is 4.79 Å². The minimum atomic E-state index is -0.0617. The number of aryl methyl sites for hydroxylation is 3. The van der Waals surface area contributed by atoms with E-state index in [9.17, 15) is 4.79 Å². The molecule has 0 atom stereocenters. The fourth-order valence-corrected chi connectivity index (χ4v) is 3.74. The number of thiophene rings is 1. The summed E-state index contributed by atoms with van der Waals surface area (Å²) in [5.41, 5.74) is 1.78. The highest BCUT2D eigenvalue weighted by molar-refractivity contribution is 7.20. The average molecular weight is 300 g/mol. The van der Waals surface area contributed by atoms with Crippen LogP contribution in [0.2, 0.25) is 0 Å². The Kier molecular flexibility index (Phi) is 3.52. The Labute approximate surface area is 126 Å². The highest BCUT2D eigenvalue weighted by atomic mass is 32.1. The second-order valence-corrected chi connectivity index (χ2v) is 6.27. The number of nitrogens with zero attached hydrogens (tertiary/aromatic N) is 4. The van der Waals surface area contributed by atoms with Crippen molar-refractivity contribution in [1.82, 2.24) is 14.3 Å². The summed E-state index contributed by atoms with van der Waals surface area (Å²) in [5, 5.41) is 13.8. The molecule has 0 bridgehead atoms. The first-order chi connectivity index (χ1) is 10.2. The minimum Gasteiger partial charge on any atom is -0.335 e. The Hall–Kier alpha value is -2.13. The third-order valence-corrected chi connectivity index (χ3v) is 4.71. The molecule has 0 saturated carbocycles. The van der Waals surface area contributed by atoms with Crippen molar-refractivity contribution in [3.05, 3.63) is 27.5 Å². The zero-order valence-corrected chi connectivity index (χ0v) is 12.9. The SMILES string of the molecule is CCn1c2cc(C)sc2c2cnn(CCCC#N)c(=O)c21. The van der Waals surface area contributed by atoms with Gasteiger partial charge < -0.3 is 4.57 Å². The first-order valence-electron chi connectivity index (χ1n) is 7.02. The van der Waals surface area contributed by atoms with E-state index in [0.717, 1.165) is 27.7 Å². The molecule has 108 valence electrons. The Balaban J connectivity index is 2.23. The lowest BCUT2D eigenvalue weighted by Gasteiger charge is -2.05. The first kappa shape index (κ1) is 13.8. The van der Waals surface area contributed by atoms with Gasteiger partial charge in [0.15, 0.2) is 0 Å². The van der Waals surface area contributed by atoms with Crippen molar-refractivity contribution in [3.63, 3.8) is 0 Å². The van der Waals surface area contributed by atoms with Gasteiger partial charge in [0.2, 0.25) is 0 Å². The molecule has 0 aliphatic rings. The molecule has 21 heavy (non-hydrogen) atoms. The summed E-state index contributed by atoms with van der Waals surface area (Å²) < 4.78 is 4.68. The predicted octanol–water partition coefficient (Wildman–Crippen LogP) is 3.04. The molecular formula is C15H16N4OS. The summed E-state index contributed by atoms with van der Waals surface area (Å²) in [4.78, 5) is 13.9. The molecule has 0 fully saturated rings. The van der Waals surface area contributed by atoms with Crippen molar-refractivity contribution in [2.24, 2.45) is 0 Å². The molecular weight excluding hydrogens is 284 g/mol. The van der Waals surface area contributed by atoms with Gasteiger partial charge in [0.1, 0.15) is 5.52 Å². The number of rotatable bonds is 4. The molecule has 0 amide bonds. The Morgan fingerprint density at radius 3 is 3.00 bits per heavy atom. The summed E-state index contributed by atoms with van der Waals surface area (Å²) in [5.74, 6) is 0. The normalized spacial score (nSPS) is 11.3. The second-order valence-electron chi connectivity index (χ2n) is 5.01. The molecule has 6 heteroatoms. The van der Waals surface area contributed by atoms with E-state index in [4.69, 9.17) is 5.26 Å². The summed E-state index contributed by atoms with van der Waals surface area (Å²) in [6.45, 7) is 5.37. The van der Waals surface area contributed by atoms with Gasteiger partial charge in [-0.1, -0.05) is 0 Å². The predicted molar refractivity (Wildman–Crippen MR) is 84.6 cm³/mol. The van der Waals surface area contributed by atoms with E-state index in [2.05, 4.69) is 28.7 Å². The standard InChI is InChI=1S/C15H16N4OS/c1-3-18-12-8-10(2)21-14(12)11-9-17-19(7-5-4-6-16)15(20)13(11)18/h8-9H,3-5,7H2,1-2H3. The molecule has 3 aromatic heterocycles. The number of hydrogen-bond acceptors (Lipinski definition) is 4. The van der Waals surface area contributed by atoms with Crippen molar-refractivity contribution in [2.75, 3.05) is 0 Å². The van der Waals surface area contributed by atoms with E-state index < -0.39 is 0 Å². The van der Waals surface area contributed by atoms with E-state index in [-0.39, 0.29) is 5.56 Å². The lowest BCUT2D eigenvalue weighted by molar-refractivity contribution is 0.557. The number of nitriles is 1. The van der Waals surface area contributed by atoms with Crippen LogP contribution in [0.4, 0.5) is 0 Å². The maximum absolute atomic E-state index is 12.7.